The largest absolute Gasteiger partial charge is 0.573 e. The molecular weight excluding hydrogens is 530 g/mol. The summed E-state index contributed by atoms with van der Waals surface area (Å²) in [7, 11) is 1.99. The lowest BCUT2D eigenvalue weighted by Crippen LogP contribution is -2.54. The summed E-state index contributed by atoms with van der Waals surface area (Å²) in [5.41, 5.74) is -0.106. The first-order valence-electron chi connectivity index (χ1n) is 12.7. The van der Waals surface area contributed by atoms with Crippen LogP contribution >= 0.6 is 0 Å². The number of piperazine rings is 1. The van der Waals surface area contributed by atoms with Crippen LogP contribution in [0.25, 0.3) is 11.3 Å². The summed E-state index contributed by atoms with van der Waals surface area (Å²) >= 11 is 0. The lowest BCUT2D eigenvalue weighted by Gasteiger charge is -2.37. The number of benzene rings is 2. The first kappa shape index (κ1) is 27.5. The van der Waals surface area contributed by atoms with E-state index in [1.807, 2.05) is 7.05 Å². The first-order chi connectivity index (χ1) is 19.0. The van der Waals surface area contributed by atoms with E-state index in [-0.39, 0.29) is 11.3 Å². The van der Waals surface area contributed by atoms with Crippen molar-refractivity contribution in [2.24, 2.45) is 0 Å². The number of rotatable bonds is 7. The molecule has 40 heavy (non-hydrogen) atoms. The summed E-state index contributed by atoms with van der Waals surface area (Å²) in [6.45, 7) is 2.90. The highest BCUT2D eigenvalue weighted by Gasteiger charge is 2.55. The van der Waals surface area contributed by atoms with Crippen molar-refractivity contribution in [2.75, 3.05) is 43.9 Å². The molecule has 0 atom stereocenters. The Kier molecular flexibility index (Phi) is 7.47. The molecule has 0 radical (unpaired) electrons. The van der Waals surface area contributed by atoms with Crippen LogP contribution in [-0.4, -0.2) is 71.7 Å². The van der Waals surface area contributed by atoms with Gasteiger partial charge in [-0.2, -0.15) is 0 Å². The third-order valence-corrected chi connectivity index (χ3v) is 7.14. The highest BCUT2D eigenvalue weighted by Crippen LogP contribution is 2.44. The fraction of sp³-hybridized carbons (Fsp3) is 0.321. The minimum absolute atomic E-state index is 0.00699. The molecule has 0 spiro atoms. The number of hydrogen-bond donors (Lipinski definition) is 2. The van der Waals surface area contributed by atoms with Crippen LogP contribution in [0.15, 0.2) is 60.8 Å². The number of nitrogens with one attached hydrogen (secondary N) is 2. The van der Waals surface area contributed by atoms with Crippen LogP contribution in [-0.2, 0) is 4.79 Å². The van der Waals surface area contributed by atoms with Gasteiger partial charge in [-0.15, -0.1) is 13.2 Å². The van der Waals surface area contributed by atoms with Crippen molar-refractivity contribution >= 4 is 23.2 Å². The minimum Gasteiger partial charge on any atom is -0.404 e. The Bertz CT molecular complexity index is 1400. The van der Waals surface area contributed by atoms with Gasteiger partial charge < -0.3 is 20.3 Å². The van der Waals surface area contributed by atoms with E-state index in [0.717, 1.165) is 25.2 Å². The molecule has 2 aliphatic rings. The van der Waals surface area contributed by atoms with Gasteiger partial charge in [-0.05, 0) is 62.4 Å². The number of pyridine rings is 1. The highest BCUT2D eigenvalue weighted by atomic mass is 19.4. The van der Waals surface area contributed by atoms with Gasteiger partial charge in [0.25, 0.3) is 5.91 Å². The SMILES string of the molecule is CN1CCN(C2(C(=O)Nc3cc(C(=O)Nc4ccc(-c5ccccc5F)nc4)ccc3OC(F)(F)F)CC2)CC1. The molecule has 2 fully saturated rings. The number of aromatic nitrogens is 1. The molecule has 1 saturated carbocycles. The quantitative estimate of drug-likeness (QED) is 0.408. The molecule has 0 bridgehead atoms. The maximum Gasteiger partial charge on any atom is 0.573 e. The maximum atomic E-state index is 14.0. The Balaban J connectivity index is 1.34. The third kappa shape index (κ3) is 6.07. The lowest BCUT2D eigenvalue weighted by molar-refractivity contribution is -0.274. The minimum atomic E-state index is -5.00. The molecule has 5 rings (SSSR count). The molecule has 1 aliphatic carbocycles. The zero-order chi connectivity index (χ0) is 28.5. The molecule has 1 aromatic heterocycles. The van der Waals surface area contributed by atoms with Gasteiger partial charge in [0.1, 0.15) is 11.4 Å². The van der Waals surface area contributed by atoms with Gasteiger partial charge in [-0.3, -0.25) is 19.5 Å². The molecule has 12 heteroatoms. The number of nitrogens with zero attached hydrogens (tertiary/aromatic N) is 3. The van der Waals surface area contributed by atoms with Crippen LogP contribution < -0.4 is 15.4 Å². The summed E-state index contributed by atoms with van der Waals surface area (Å²) in [5.74, 6) is -2.14. The second kappa shape index (κ2) is 10.9. The van der Waals surface area contributed by atoms with E-state index in [0.29, 0.717) is 42.9 Å². The van der Waals surface area contributed by atoms with Gasteiger partial charge in [-0.25, -0.2) is 4.39 Å². The zero-order valence-corrected chi connectivity index (χ0v) is 21.6. The fourth-order valence-corrected chi connectivity index (χ4v) is 4.76. The van der Waals surface area contributed by atoms with Crippen LogP contribution in [0.1, 0.15) is 23.2 Å². The van der Waals surface area contributed by atoms with E-state index in [9.17, 15) is 27.2 Å². The van der Waals surface area contributed by atoms with Crippen LogP contribution in [0.2, 0.25) is 0 Å². The number of likely N-dealkylation sites (N-methyl/N-ethyl adjacent to an activating group) is 1. The molecule has 2 amide bonds. The second-order valence-corrected chi connectivity index (χ2v) is 9.90. The number of ether oxygens (including phenoxy) is 1. The third-order valence-electron chi connectivity index (χ3n) is 7.14. The zero-order valence-electron chi connectivity index (χ0n) is 21.6. The predicted molar refractivity (Wildman–Crippen MR) is 140 cm³/mol. The van der Waals surface area contributed by atoms with E-state index >= 15 is 0 Å². The molecular formula is C28H27F4N5O3. The Hall–Kier alpha value is -4.03. The number of carbonyl (C=O) groups excluding carboxylic acids is 2. The van der Waals surface area contributed by atoms with Crippen molar-refractivity contribution in [1.82, 2.24) is 14.8 Å². The van der Waals surface area contributed by atoms with Crippen LogP contribution in [0.5, 0.6) is 5.75 Å². The molecule has 8 nitrogen and oxygen atoms in total. The predicted octanol–water partition coefficient (Wildman–Crippen LogP) is 4.76. The molecule has 2 aromatic carbocycles. The summed E-state index contributed by atoms with van der Waals surface area (Å²) in [6.07, 6.45) is -2.47. The van der Waals surface area contributed by atoms with E-state index < -0.39 is 35.3 Å². The van der Waals surface area contributed by atoms with Crippen LogP contribution in [0.4, 0.5) is 28.9 Å². The highest BCUT2D eigenvalue weighted by molar-refractivity contribution is 6.07. The van der Waals surface area contributed by atoms with Gasteiger partial charge in [0.2, 0.25) is 5.91 Å². The normalized spacial score (nSPS) is 17.2. The van der Waals surface area contributed by atoms with E-state index in [1.54, 1.807) is 18.2 Å². The number of carbonyl (C=O) groups is 2. The van der Waals surface area contributed by atoms with E-state index in [4.69, 9.17) is 0 Å². The Morgan fingerprint density at radius 1 is 0.975 bits per heavy atom. The van der Waals surface area contributed by atoms with Crippen molar-refractivity contribution in [3.05, 3.63) is 72.2 Å². The van der Waals surface area contributed by atoms with Gasteiger partial charge in [0.05, 0.1) is 23.3 Å². The Labute approximate surface area is 227 Å². The van der Waals surface area contributed by atoms with E-state index in [2.05, 4.69) is 30.2 Å². The average molecular weight is 558 g/mol. The number of alkyl halides is 3. The summed E-state index contributed by atoms with van der Waals surface area (Å²) < 4.78 is 57.5. The summed E-state index contributed by atoms with van der Waals surface area (Å²) in [6, 6.07) is 12.5. The monoisotopic (exact) mass is 557 g/mol. The van der Waals surface area contributed by atoms with Crippen LogP contribution in [0, 0.1) is 5.82 Å². The molecule has 2 N–H and O–H groups in total. The lowest BCUT2D eigenvalue weighted by atomic mass is 10.1. The number of hydrogen-bond acceptors (Lipinski definition) is 6. The van der Waals surface area contributed by atoms with Gasteiger partial charge >= 0.3 is 6.36 Å². The van der Waals surface area contributed by atoms with Crippen molar-refractivity contribution in [1.29, 1.82) is 0 Å². The molecule has 3 aromatic rings. The second-order valence-electron chi connectivity index (χ2n) is 9.90. The van der Waals surface area contributed by atoms with Crippen molar-refractivity contribution in [3.63, 3.8) is 0 Å². The maximum absolute atomic E-state index is 14.0. The summed E-state index contributed by atoms with van der Waals surface area (Å²) in [5, 5.41) is 5.20. The number of amides is 2. The smallest absolute Gasteiger partial charge is 0.404 e. The van der Waals surface area contributed by atoms with Gasteiger partial charge in [-0.1, -0.05) is 12.1 Å². The molecule has 2 heterocycles. The van der Waals surface area contributed by atoms with Gasteiger partial charge in [0, 0.05) is 37.3 Å². The summed E-state index contributed by atoms with van der Waals surface area (Å²) in [4.78, 5) is 34.6. The number of anilines is 2. The van der Waals surface area contributed by atoms with Crippen molar-refractivity contribution in [3.8, 4) is 17.0 Å². The van der Waals surface area contributed by atoms with Crippen molar-refractivity contribution < 1.29 is 31.9 Å². The first-order valence-corrected chi connectivity index (χ1v) is 12.7. The van der Waals surface area contributed by atoms with E-state index in [1.165, 1.54) is 30.5 Å². The molecule has 1 aliphatic heterocycles. The van der Waals surface area contributed by atoms with Crippen molar-refractivity contribution in [2.45, 2.75) is 24.7 Å². The van der Waals surface area contributed by atoms with Gasteiger partial charge in [0.15, 0.2) is 5.75 Å². The number of halogens is 4. The molecule has 1 saturated heterocycles. The standard InChI is InChI=1S/C28H27F4N5O3/c1-36-12-14-37(15-13-36)27(10-11-27)26(39)35-23-16-18(6-9-24(23)40-28(30,31)32)25(38)34-19-7-8-22(33-17-19)20-4-2-3-5-21(20)29/h2-9,16-17H,10-15H2,1H3,(H,34,38)(H,35,39). The fourth-order valence-electron chi connectivity index (χ4n) is 4.76. The molecule has 0 unspecified atom stereocenters. The topological polar surface area (TPSA) is 86.8 Å². The average Bonchev–Trinajstić information content (AvgIpc) is 3.72. The van der Waals surface area contributed by atoms with Crippen LogP contribution in [0.3, 0.4) is 0 Å². The molecule has 210 valence electrons. The Morgan fingerprint density at radius 3 is 2.33 bits per heavy atom. The Morgan fingerprint density at radius 2 is 1.70 bits per heavy atom.